The minimum absolute atomic E-state index is 0.0955. The molecule has 0 saturated carbocycles. The summed E-state index contributed by atoms with van der Waals surface area (Å²) in [6.45, 7) is -0.0955. The molecule has 1 radical (unpaired) electrons. The summed E-state index contributed by atoms with van der Waals surface area (Å²) in [5.74, 6) is 0. The van der Waals surface area contributed by atoms with Crippen LogP contribution in [0.1, 0.15) is 12.0 Å². The molecule has 69 valence electrons. The lowest BCUT2D eigenvalue weighted by atomic mass is 10.2. The molecule has 1 rings (SSSR count). The monoisotopic (exact) mass is 215 g/mol. The predicted octanol–water partition coefficient (Wildman–Crippen LogP) is 3.83. The van der Waals surface area contributed by atoms with Crippen LogP contribution in [0.15, 0.2) is 24.3 Å². The molecule has 0 heterocycles. The average molecular weight is 216 g/mol. The van der Waals surface area contributed by atoms with Gasteiger partial charge in [0.15, 0.2) is 0 Å². The lowest BCUT2D eigenvalue weighted by Crippen LogP contribution is -1.76. The number of hydrogen-bond acceptors (Lipinski definition) is 0. The fourth-order valence-corrected chi connectivity index (χ4v) is 1.39. The first-order chi connectivity index (χ1) is 6.24. The molecule has 0 amide bonds. The van der Waals surface area contributed by atoms with Crippen molar-refractivity contribution in [2.75, 3.05) is 6.61 Å². The summed E-state index contributed by atoms with van der Waals surface area (Å²) in [5.41, 5.74) is 0.888. The van der Waals surface area contributed by atoms with Crippen LogP contribution in [0.2, 0.25) is 10.0 Å². The van der Waals surface area contributed by atoms with Gasteiger partial charge in [0.25, 0.3) is 0 Å². The van der Waals surface area contributed by atoms with Crippen molar-refractivity contribution in [2.45, 2.75) is 6.42 Å². The van der Waals surface area contributed by atoms with Crippen molar-refractivity contribution < 1.29 is 5.11 Å². The fourth-order valence-electron chi connectivity index (χ4n) is 0.915. The summed E-state index contributed by atoms with van der Waals surface area (Å²) in [6, 6.07) is 5.27. The van der Waals surface area contributed by atoms with Crippen molar-refractivity contribution in [3.63, 3.8) is 0 Å². The van der Waals surface area contributed by atoms with Crippen LogP contribution in [-0.2, 0) is 5.11 Å². The smallest absolute Gasteiger partial charge is 0.0856 e. The van der Waals surface area contributed by atoms with Crippen molar-refractivity contribution >= 4 is 29.3 Å². The summed E-state index contributed by atoms with van der Waals surface area (Å²) in [4.78, 5) is 0. The zero-order valence-corrected chi connectivity index (χ0v) is 8.48. The maximum atomic E-state index is 10.2. The molecule has 1 aromatic rings. The van der Waals surface area contributed by atoms with E-state index in [1.54, 1.807) is 12.1 Å². The molecule has 0 bridgehead atoms. The van der Waals surface area contributed by atoms with Gasteiger partial charge in [0, 0.05) is 10.0 Å². The summed E-state index contributed by atoms with van der Waals surface area (Å²) in [5, 5.41) is 11.4. The van der Waals surface area contributed by atoms with E-state index in [9.17, 15) is 5.11 Å². The molecule has 1 aromatic carbocycles. The Hall–Kier alpha value is -0.500. The summed E-state index contributed by atoms with van der Waals surface area (Å²) in [7, 11) is 0. The van der Waals surface area contributed by atoms with E-state index in [1.165, 1.54) is 0 Å². The first-order valence-corrected chi connectivity index (χ1v) is 4.69. The molecule has 1 nitrogen and oxygen atoms in total. The standard InChI is InChI=1S/C10H9Cl2O/c11-9-5-4-8(10(12)7-9)3-1-2-6-13/h1,3-5,7H,2,6H2. The van der Waals surface area contributed by atoms with Crippen molar-refractivity contribution in [3.8, 4) is 0 Å². The van der Waals surface area contributed by atoms with Gasteiger partial charge in [-0.1, -0.05) is 41.4 Å². The molecule has 0 saturated heterocycles. The van der Waals surface area contributed by atoms with Crippen LogP contribution < -0.4 is 0 Å². The Bertz CT molecular complexity index is 308. The third kappa shape index (κ3) is 3.39. The Morgan fingerprint density at radius 3 is 2.69 bits per heavy atom. The Morgan fingerprint density at radius 1 is 1.31 bits per heavy atom. The van der Waals surface area contributed by atoms with Crippen molar-refractivity contribution in [1.82, 2.24) is 0 Å². The molecule has 0 unspecified atom stereocenters. The Morgan fingerprint density at radius 2 is 2.08 bits per heavy atom. The van der Waals surface area contributed by atoms with Gasteiger partial charge >= 0.3 is 0 Å². The highest BCUT2D eigenvalue weighted by Crippen LogP contribution is 2.21. The van der Waals surface area contributed by atoms with Crippen LogP contribution in [0, 0.1) is 0 Å². The van der Waals surface area contributed by atoms with Gasteiger partial charge in [-0.3, -0.25) is 0 Å². The van der Waals surface area contributed by atoms with Crippen LogP contribution in [-0.4, -0.2) is 6.61 Å². The highest BCUT2D eigenvalue weighted by Gasteiger charge is 1.96. The topological polar surface area (TPSA) is 19.9 Å². The molecule has 0 aliphatic carbocycles. The van der Waals surface area contributed by atoms with Gasteiger partial charge in [-0.15, -0.1) is 0 Å². The Labute approximate surface area is 87.6 Å². The lowest BCUT2D eigenvalue weighted by Gasteiger charge is -1.97. The minimum atomic E-state index is -0.0955. The van der Waals surface area contributed by atoms with Crippen molar-refractivity contribution in [2.24, 2.45) is 0 Å². The summed E-state index contributed by atoms with van der Waals surface area (Å²) in [6.07, 6.45) is 4.16. The zero-order valence-electron chi connectivity index (χ0n) is 6.97. The largest absolute Gasteiger partial charge is 0.236 e. The molecular weight excluding hydrogens is 207 g/mol. The van der Waals surface area contributed by atoms with E-state index < -0.39 is 0 Å². The predicted molar refractivity (Wildman–Crippen MR) is 55.7 cm³/mol. The highest BCUT2D eigenvalue weighted by atomic mass is 35.5. The molecule has 0 N–H and O–H groups in total. The summed E-state index contributed by atoms with van der Waals surface area (Å²) >= 11 is 11.6. The third-order valence-corrected chi connectivity index (χ3v) is 2.11. The van der Waals surface area contributed by atoms with Crippen molar-refractivity contribution in [3.05, 3.63) is 39.9 Å². The zero-order chi connectivity index (χ0) is 9.68. The maximum Gasteiger partial charge on any atom is 0.0856 e. The van der Waals surface area contributed by atoms with E-state index in [0.29, 0.717) is 16.5 Å². The van der Waals surface area contributed by atoms with Gasteiger partial charge in [-0.2, -0.15) is 0 Å². The molecule has 3 heteroatoms. The summed E-state index contributed by atoms with van der Waals surface area (Å²) < 4.78 is 0. The Balaban J connectivity index is 2.77. The van der Waals surface area contributed by atoms with Gasteiger partial charge in [0.1, 0.15) is 0 Å². The molecular formula is C10H9Cl2O. The Kier molecular flexibility index (Phi) is 4.29. The van der Waals surface area contributed by atoms with E-state index >= 15 is 0 Å². The van der Waals surface area contributed by atoms with Gasteiger partial charge in [-0.05, 0) is 24.1 Å². The highest BCUT2D eigenvalue weighted by molar-refractivity contribution is 6.35. The first kappa shape index (κ1) is 10.6. The van der Waals surface area contributed by atoms with Crippen LogP contribution >= 0.6 is 23.2 Å². The molecule has 0 fully saturated rings. The van der Waals surface area contributed by atoms with Crippen LogP contribution in [0.3, 0.4) is 0 Å². The normalized spacial score (nSPS) is 11.0. The lowest BCUT2D eigenvalue weighted by molar-refractivity contribution is 0.199. The van der Waals surface area contributed by atoms with Crippen LogP contribution in [0.5, 0.6) is 0 Å². The first-order valence-electron chi connectivity index (χ1n) is 3.93. The second kappa shape index (κ2) is 5.28. The van der Waals surface area contributed by atoms with E-state index in [0.717, 1.165) is 5.56 Å². The second-order valence-corrected chi connectivity index (χ2v) is 3.40. The van der Waals surface area contributed by atoms with Gasteiger partial charge in [0.05, 0.1) is 6.61 Å². The third-order valence-electron chi connectivity index (χ3n) is 1.54. The van der Waals surface area contributed by atoms with Gasteiger partial charge in [-0.25, -0.2) is 5.11 Å². The molecule has 13 heavy (non-hydrogen) atoms. The molecule has 0 aromatic heterocycles. The second-order valence-electron chi connectivity index (χ2n) is 2.56. The fraction of sp³-hybridized carbons (Fsp3) is 0.200. The number of rotatable bonds is 3. The van der Waals surface area contributed by atoms with Gasteiger partial charge < -0.3 is 0 Å². The number of benzene rings is 1. The number of hydrogen-bond donors (Lipinski definition) is 0. The average Bonchev–Trinajstić information content (AvgIpc) is 2.09. The maximum absolute atomic E-state index is 10.2. The molecule has 0 atom stereocenters. The van der Waals surface area contributed by atoms with Crippen LogP contribution in [0.4, 0.5) is 0 Å². The molecule has 0 spiro atoms. The molecule has 0 aliphatic heterocycles. The van der Waals surface area contributed by atoms with E-state index in [1.807, 2.05) is 18.2 Å². The van der Waals surface area contributed by atoms with E-state index in [-0.39, 0.29) is 6.61 Å². The van der Waals surface area contributed by atoms with Gasteiger partial charge in [0.2, 0.25) is 0 Å². The minimum Gasteiger partial charge on any atom is -0.236 e. The quantitative estimate of drug-likeness (QED) is 0.731. The van der Waals surface area contributed by atoms with E-state index in [4.69, 9.17) is 23.2 Å². The number of halogens is 2. The SMILES string of the molecule is [O]CCC=Cc1ccc(Cl)cc1Cl. The van der Waals surface area contributed by atoms with E-state index in [2.05, 4.69) is 0 Å². The van der Waals surface area contributed by atoms with Crippen LogP contribution in [0.25, 0.3) is 6.08 Å². The van der Waals surface area contributed by atoms with Crippen molar-refractivity contribution in [1.29, 1.82) is 0 Å². The molecule has 0 aliphatic rings.